The lowest BCUT2D eigenvalue weighted by Gasteiger charge is -2.20. The van der Waals surface area contributed by atoms with E-state index in [0.29, 0.717) is 24.5 Å². The van der Waals surface area contributed by atoms with Crippen molar-refractivity contribution in [3.63, 3.8) is 0 Å². The minimum Gasteiger partial charge on any atom is -0.496 e. The molecule has 1 unspecified atom stereocenters. The Bertz CT molecular complexity index is 893. The van der Waals surface area contributed by atoms with Crippen LogP contribution in [0.2, 0.25) is 5.15 Å². The van der Waals surface area contributed by atoms with Crippen molar-refractivity contribution in [1.29, 1.82) is 0 Å². The highest BCUT2D eigenvalue weighted by molar-refractivity contribution is 6.30. The Kier molecular flexibility index (Phi) is 5.19. The zero-order valence-corrected chi connectivity index (χ0v) is 15.9. The second-order valence-electron chi connectivity index (χ2n) is 6.11. The van der Waals surface area contributed by atoms with Crippen LogP contribution in [0, 0.1) is 13.8 Å². The summed E-state index contributed by atoms with van der Waals surface area (Å²) in [6.45, 7) is 4.64. The highest BCUT2D eigenvalue weighted by atomic mass is 35.5. The number of carbonyl (C=O) groups excluding carboxylic acids is 1. The van der Waals surface area contributed by atoms with E-state index in [9.17, 15) is 4.79 Å². The average molecular weight is 394 g/mol. The third-order valence-corrected chi connectivity index (χ3v) is 4.58. The van der Waals surface area contributed by atoms with Gasteiger partial charge in [0.15, 0.2) is 0 Å². The number of halogens is 1. The predicted octanol–water partition coefficient (Wildman–Crippen LogP) is 1.39. The molecule has 11 heteroatoms. The van der Waals surface area contributed by atoms with E-state index in [0.717, 1.165) is 22.6 Å². The summed E-state index contributed by atoms with van der Waals surface area (Å²) in [6, 6.07) is -0.816. The quantitative estimate of drug-likeness (QED) is 0.511. The summed E-state index contributed by atoms with van der Waals surface area (Å²) in [7, 11) is 1.62. The third kappa shape index (κ3) is 3.67. The van der Waals surface area contributed by atoms with Crippen LogP contribution in [-0.2, 0) is 11.4 Å². The Hall–Kier alpha value is -2.85. The molecule has 3 heterocycles. The maximum absolute atomic E-state index is 11.0. The Morgan fingerprint density at radius 3 is 2.85 bits per heavy atom. The number of nitrogens with zero attached hydrogens (tertiary/aromatic N) is 4. The Morgan fingerprint density at radius 2 is 2.19 bits per heavy atom. The largest absolute Gasteiger partial charge is 0.496 e. The molecule has 144 valence electrons. The lowest BCUT2D eigenvalue weighted by molar-refractivity contribution is 0.00526. The average Bonchev–Trinajstić information content (AvgIpc) is 2.94. The Balaban J connectivity index is 1.95. The van der Waals surface area contributed by atoms with E-state index in [1.807, 2.05) is 18.7 Å². The number of ether oxygens (including phenoxy) is 1. The van der Waals surface area contributed by atoms with E-state index in [-0.39, 0.29) is 11.1 Å². The van der Waals surface area contributed by atoms with E-state index in [1.54, 1.807) is 13.3 Å². The van der Waals surface area contributed by atoms with Crippen LogP contribution in [0.4, 0.5) is 16.6 Å². The lowest BCUT2D eigenvalue weighted by Crippen LogP contribution is -2.32. The van der Waals surface area contributed by atoms with Crippen LogP contribution in [-0.4, -0.2) is 34.6 Å². The van der Waals surface area contributed by atoms with Crippen molar-refractivity contribution in [3.8, 4) is 5.75 Å². The number of nitrogens with one attached hydrogen (secondary N) is 1. The number of carbonyl (C=O) groups is 1. The van der Waals surface area contributed by atoms with Crippen molar-refractivity contribution < 1.29 is 14.4 Å². The van der Waals surface area contributed by atoms with Crippen molar-refractivity contribution in [1.82, 2.24) is 20.4 Å². The number of aryl methyl sites for hydroxylation is 1. The van der Waals surface area contributed by atoms with Crippen LogP contribution in [0.1, 0.15) is 28.5 Å². The fourth-order valence-electron chi connectivity index (χ4n) is 3.12. The molecule has 1 aliphatic rings. The third-order valence-electron chi connectivity index (χ3n) is 4.30. The highest BCUT2D eigenvalue weighted by Gasteiger charge is 2.35. The number of anilines is 2. The first-order chi connectivity index (χ1) is 12.8. The van der Waals surface area contributed by atoms with Gasteiger partial charge in [0, 0.05) is 17.3 Å². The monoisotopic (exact) mass is 393 g/mol. The van der Waals surface area contributed by atoms with Gasteiger partial charge in [-0.1, -0.05) is 11.6 Å². The van der Waals surface area contributed by atoms with Crippen molar-refractivity contribution >= 4 is 29.4 Å². The fourth-order valence-corrected chi connectivity index (χ4v) is 3.41. The van der Waals surface area contributed by atoms with Gasteiger partial charge in [0.05, 0.1) is 31.5 Å². The van der Waals surface area contributed by atoms with Gasteiger partial charge in [0.25, 0.3) is 0 Å². The molecule has 5 N–H and O–H groups in total. The molecule has 0 bridgehead atoms. The number of nitrogen functional groups attached to an aromatic ring is 1. The highest BCUT2D eigenvalue weighted by Crippen LogP contribution is 2.40. The van der Waals surface area contributed by atoms with Crippen molar-refractivity contribution in [2.45, 2.75) is 26.5 Å². The van der Waals surface area contributed by atoms with Gasteiger partial charge in [-0.15, -0.1) is 0 Å². The van der Waals surface area contributed by atoms with Crippen LogP contribution in [0.5, 0.6) is 5.75 Å². The van der Waals surface area contributed by atoms with Gasteiger partial charge in [-0.3, -0.25) is 9.82 Å². The van der Waals surface area contributed by atoms with E-state index < -0.39 is 12.1 Å². The molecule has 0 radical (unpaired) electrons. The van der Waals surface area contributed by atoms with Crippen LogP contribution in [0.25, 0.3) is 0 Å². The number of urea groups is 1. The standard InChI is InChI=1S/C16H20ClN7O3/c1-7-4-20-9(8(2)12(7)26-3)5-24-6-10(27-23-16(19)25)11-13(17)21-15(18)22-14(11)24/h4,10H,5-6H2,1-3H3,(H2,18,21,22)(H3,19,23,25). The molecule has 27 heavy (non-hydrogen) atoms. The van der Waals surface area contributed by atoms with Crippen LogP contribution in [0.3, 0.4) is 0 Å². The molecule has 0 saturated heterocycles. The van der Waals surface area contributed by atoms with E-state index in [4.69, 9.17) is 32.6 Å². The first kappa shape index (κ1) is 18.9. The van der Waals surface area contributed by atoms with Gasteiger partial charge >= 0.3 is 6.03 Å². The number of amides is 2. The molecule has 1 aliphatic heterocycles. The molecule has 0 spiro atoms. The van der Waals surface area contributed by atoms with Crippen molar-refractivity contribution in [2.24, 2.45) is 5.73 Å². The van der Waals surface area contributed by atoms with Crippen LogP contribution < -0.4 is 26.6 Å². The maximum atomic E-state index is 11.0. The van der Waals surface area contributed by atoms with Gasteiger partial charge < -0.3 is 21.1 Å². The molecule has 0 saturated carbocycles. The minimum atomic E-state index is -0.816. The molecule has 1 atom stereocenters. The topological polar surface area (TPSA) is 142 Å². The first-order valence-corrected chi connectivity index (χ1v) is 8.47. The summed E-state index contributed by atoms with van der Waals surface area (Å²) in [5, 5.41) is 0.155. The summed E-state index contributed by atoms with van der Waals surface area (Å²) >= 11 is 6.24. The molecule has 0 aromatic carbocycles. The summed E-state index contributed by atoms with van der Waals surface area (Å²) in [4.78, 5) is 31.0. The number of rotatable bonds is 5. The number of fused-ring (bicyclic) bond motifs is 1. The maximum Gasteiger partial charge on any atom is 0.336 e. The molecule has 2 amide bonds. The summed E-state index contributed by atoms with van der Waals surface area (Å²) in [6.07, 6.45) is 1.15. The molecule has 2 aromatic rings. The summed E-state index contributed by atoms with van der Waals surface area (Å²) in [5.74, 6) is 1.34. The second-order valence-corrected chi connectivity index (χ2v) is 6.47. The zero-order valence-electron chi connectivity index (χ0n) is 15.1. The van der Waals surface area contributed by atoms with Crippen molar-refractivity contribution in [3.05, 3.63) is 33.7 Å². The Labute approximate surface area is 160 Å². The second kappa shape index (κ2) is 7.41. The molecule has 0 aliphatic carbocycles. The van der Waals surface area contributed by atoms with Gasteiger partial charge in [-0.25, -0.2) is 15.3 Å². The lowest BCUT2D eigenvalue weighted by atomic mass is 10.1. The smallest absolute Gasteiger partial charge is 0.336 e. The molecular formula is C16H20ClN7O3. The normalized spacial score (nSPS) is 15.6. The molecular weight excluding hydrogens is 374 g/mol. The van der Waals surface area contributed by atoms with Crippen LogP contribution in [0.15, 0.2) is 6.20 Å². The number of primary amides is 1. The predicted molar refractivity (Wildman–Crippen MR) is 99.3 cm³/mol. The Morgan fingerprint density at radius 1 is 1.44 bits per heavy atom. The molecule has 0 fully saturated rings. The van der Waals surface area contributed by atoms with E-state index in [2.05, 4.69) is 20.4 Å². The van der Waals surface area contributed by atoms with Gasteiger partial charge in [0.1, 0.15) is 22.8 Å². The van der Waals surface area contributed by atoms with Gasteiger partial charge in [-0.2, -0.15) is 4.98 Å². The number of hydrogen-bond acceptors (Lipinski definition) is 8. The van der Waals surface area contributed by atoms with E-state index >= 15 is 0 Å². The van der Waals surface area contributed by atoms with Gasteiger partial charge in [-0.05, 0) is 13.8 Å². The number of methoxy groups -OCH3 is 1. The summed E-state index contributed by atoms with van der Waals surface area (Å²) < 4.78 is 5.46. The van der Waals surface area contributed by atoms with Crippen molar-refractivity contribution in [2.75, 3.05) is 24.3 Å². The summed E-state index contributed by atoms with van der Waals surface area (Å²) in [5.41, 5.74) is 16.2. The first-order valence-electron chi connectivity index (χ1n) is 8.09. The number of aromatic nitrogens is 3. The van der Waals surface area contributed by atoms with Gasteiger partial charge in [0.2, 0.25) is 5.95 Å². The van der Waals surface area contributed by atoms with Crippen LogP contribution >= 0.6 is 11.6 Å². The molecule has 2 aromatic heterocycles. The number of pyridine rings is 1. The number of hydrogen-bond donors (Lipinski definition) is 3. The minimum absolute atomic E-state index is 0.0402. The SMILES string of the molecule is COc1c(C)cnc(CN2CC(ONC(N)=O)c3c(Cl)nc(N)nc32)c1C. The zero-order chi connectivity index (χ0) is 19.7. The van der Waals surface area contributed by atoms with E-state index in [1.165, 1.54) is 0 Å². The fraction of sp³-hybridized carbons (Fsp3) is 0.375. The molecule has 3 rings (SSSR count). The molecule has 10 nitrogen and oxygen atoms in total. The number of hydroxylamine groups is 1. The number of nitrogens with two attached hydrogens (primary N) is 2.